The van der Waals surface area contributed by atoms with Crippen molar-refractivity contribution in [2.24, 2.45) is 28.7 Å². The van der Waals surface area contributed by atoms with Gasteiger partial charge in [0.25, 0.3) is 0 Å². The van der Waals surface area contributed by atoms with Gasteiger partial charge in [-0.3, -0.25) is 14.6 Å². The van der Waals surface area contributed by atoms with Crippen LogP contribution in [0.2, 0.25) is 0 Å². The lowest BCUT2D eigenvalue weighted by atomic mass is 9.74. The molecule has 1 aromatic carbocycles. The van der Waals surface area contributed by atoms with E-state index >= 15 is 0 Å². The Bertz CT molecular complexity index is 2260. The number of benzene rings is 1. The molecule has 3 fully saturated rings. The van der Waals surface area contributed by atoms with Crippen LogP contribution in [0.1, 0.15) is 124 Å². The van der Waals surface area contributed by atoms with E-state index in [2.05, 4.69) is 15.3 Å². The van der Waals surface area contributed by atoms with Gasteiger partial charge in [-0.25, -0.2) is 9.07 Å². The molecule has 4 aliphatic rings. The molecule has 5 heterocycles. The van der Waals surface area contributed by atoms with E-state index in [-0.39, 0.29) is 37.7 Å². The number of cyclic esters (lactones) is 1. The monoisotopic (exact) mass is 1110 g/mol. The molecule has 2 aromatic rings. The fraction of sp³-hybridized carbons (Fsp3) is 0.800. The number of carbonyl (C=O) groups excluding carboxylic acids is 2. The highest BCUT2D eigenvalue weighted by molar-refractivity contribution is 8.14. The molecule has 0 spiro atoms. The van der Waals surface area contributed by atoms with Crippen LogP contribution >= 0.6 is 11.8 Å². The van der Waals surface area contributed by atoms with E-state index in [0.29, 0.717) is 30.8 Å². The van der Waals surface area contributed by atoms with Gasteiger partial charge in [-0.2, -0.15) is 0 Å². The summed E-state index contributed by atoms with van der Waals surface area (Å²) in [5.41, 5.74) is -2.23. The summed E-state index contributed by atoms with van der Waals surface area (Å²) in [5.74, 6) is -4.18. The molecule has 0 aliphatic carbocycles. The van der Waals surface area contributed by atoms with Crippen molar-refractivity contribution in [3.8, 4) is 0 Å². The van der Waals surface area contributed by atoms with Gasteiger partial charge in [0, 0.05) is 82.0 Å². The number of hydrogen-bond acceptors (Lipinski definition) is 20. The largest absolute Gasteiger partial charge is 0.459 e. The van der Waals surface area contributed by atoms with Crippen LogP contribution < -0.4 is 0 Å². The lowest BCUT2D eigenvalue weighted by Crippen LogP contribution is -2.61. The van der Waals surface area contributed by atoms with Crippen molar-refractivity contribution in [1.82, 2.24) is 19.9 Å². The number of aliphatic hydroxyl groups is 5. The van der Waals surface area contributed by atoms with Crippen molar-refractivity contribution in [3.63, 3.8) is 0 Å². The van der Waals surface area contributed by atoms with E-state index < -0.39 is 133 Å². The molecule has 1 aromatic heterocycles. The molecule has 22 heteroatoms. The molecule has 20 nitrogen and oxygen atoms in total. The molecule has 0 amide bonds. The molecule has 0 unspecified atom stereocenters. The number of alkyl halides is 1. The number of Topliss-reactive ketones (excluding diaryl/α,β-unsaturated/α-hetero) is 1. The number of thioether (sulfide) groups is 1. The second kappa shape index (κ2) is 26.7. The normalized spacial score (nSPS) is 39.7. The van der Waals surface area contributed by atoms with Crippen LogP contribution in [0.25, 0.3) is 0 Å². The third kappa shape index (κ3) is 14.0. The average Bonchev–Trinajstić information content (AvgIpc) is 4.12. The predicted molar refractivity (Wildman–Crippen MR) is 285 cm³/mol. The standard InChI is InChI=1S/C55H88FN5O15S/c1-15-41-55(10,68)47(65)31(4)43(63)29(2)23-54(9,71-14)49(32(5)45(33(6)51(67)74-41)75-42-24-53(8,70-13)48(66)34(7)73-42)76-52-44(64)39(22-30(3)72-52)60(11)21-20-37-26-61(59-58-37)40(25-56)46(69-12)35-16-18-36(19-17-35)50-57-38(27-62)28-77-50/h16-19,26,29-34,38-42,44-49,52,62,64-66,68H,15,20-25,27-28H2,1-14H3/t29-,30-,31+,32+,33-,34+,38-,39+,40+,41-,42+,44-,45+,46-,47-,48+,49-,52+,53-,54-,55-/m1/s1. The van der Waals surface area contributed by atoms with Crippen LogP contribution in [-0.2, 0) is 53.9 Å². The number of carbonyl (C=O) groups is 2. The average molecular weight is 1110 g/mol. The van der Waals surface area contributed by atoms with E-state index in [1.807, 2.05) is 50.1 Å². The van der Waals surface area contributed by atoms with Gasteiger partial charge in [0.05, 0.1) is 71.0 Å². The van der Waals surface area contributed by atoms with E-state index in [1.54, 1.807) is 59.5 Å². The Morgan fingerprint density at radius 2 is 1.61 bits per heavy atom. The topological polar surface area (TPSA) is 255 Å². The first-order valence-electron chi connectivity index (χ1n) is 27.2. The van der Waals surface area contributed by atoms with Gasteiger partial charge in [0.1, 0.15) is 48.5 Å². The second-order valence-corrected chi connectivity index (χ2v) is 23.7. The van der Waals surface area contributed by atoms with E-state index in [1.165, 1.54) is 39.9 Å². The summed E-state index contributed by atoms with van der Waals surface area (Å²) >= 11 is 1.58. The lowest BCUT2D eigenvalue weighted by molar-refractivity contribution is -0.319. The van der Waals surface area contributed by atoms with Gasteiger partial charge < -0.3 is 68.3 Å². The number of rotatable bonds is 18. The number of aliphatic imine (C=N–C) groups is 1. The fourth-order valence-electron chi connectivity index (χ4n) is 11.8. The van der Waals surface area contributed by atoms with Gasteiger partial charge in [0.15, 0.2) is 12.6 Å². The molecule has 0 saturated carbocycles. The Kier molecular flexibility index (Phi) is 21.9. The molecule has 0 bridgehead atoms. The smallest absolute Gasteiger partial charge is 0.311 e. The maximum atomic E-state index is 15.0. The molecular formula is C55H88FN5O15S. The quantitative estimate of drug-likeness (QED) is 0.130. The molecule has 77 heavy (non-hydrogen) atoms. The second-order valence-electron chi connectivity index (χ2n) is 22.7. The van der Waals surface area contributed by atoms with E-state index in [9.17, 15) is 39.5 Å². The van der Waals surface area contributed by atoms with Crippen molar-refractivity contribution in [1.29, 1.82) is 0 Å². The first-order chi connectivity index (χ1) is 36.3. The Balaban J connectivity index is 1.26. The highest BCUT2D eigenvalue weighted by atomic mass is 32.2. The molecule has 0 radical (unpaired) electrons. The molecule has 5 N–H and O–H groups in total. The number of aromatic nitrogens is 3. The highest BCUT2D eigenvalue weighted by Gasteiger charge is 2.54. The third-order valence-corrected chi connectivity index (χ3v) is 18.1. The zero-order valence-corrected chi connectivity index (χ0v) is 48.3. The van der Waals surface area contributed by atoms with Crippen LogP contribution in [0.4, 0.5) is 4.39 Å². The highest BCUT2D eigenvalue weighted by Crippen LogP contribution is 2.42. The number of halogens is 1. The van der Waals surface area contributed by atoms with E-state index in [0.717, 1.165) is 16.2 Å². The van der Waals surface area contributed by atoms with Gasteiger partial charge in [-0.1, -0.05) is 57.2 Å². The number of esters is 1. The van der Waals surface area contributed by atoms with Crippen molar-refractivity contribution < 1.29 is 77.4 Å². The van der Waals surface area contributed by atoms with Crippen molar-refractivity contribution >= 4 is 28.6 Å². The number of ketones is 1. The van der Waals surface area contributed by atoms with Gasteiger partial charge in [0.2, 0.25) is 0 Å². The number of likely N-dealkylation sites (N-methyl/N-ethyl adjacent to an activating group) is 1. The first-order valence-corrected chi connectivity index (χ1v) is 28.1. The van der Waals surface area contributed by atoms with Crippen LogP contribution in [0, 0.1) is 23.7 Å². The third-order valence-electron chi connectivity index (χ3n) is 17.0. The van der Waals surface area contributed by atoms with Crippen LogP contribution in [-0.4, -0.2) is 206 Å². The van der Waals surface area contributed by atoms with Crippen LogP contribution in [0.15, 0.2) is 35.5 Å². The molecule has 436 valence electrons. The van der Waals surface area contributed by atoms with Gasteiger partial charge >= 0.3 is 5.97 Å². The number of methoxy groups -OCH3 is 3. The Hall–Kier alpha value is -3.07. The maximum absolute atomic E-state index is 15.0. The maximum Gasteiger partial charge on any atom is 0.311 e. The molecular weight excluding hydrogens is 1020 g/mol. The summed E-state index contributed by atoms with van der Waals surface area (Å²) in [6.45, 7) is 16.5. The number of hydrogen-bond donors (Lipinski definition) is 5. The number of aliphatic hydroxyl groups excluding tert-OH is 4. The lowest BCUT2D eigenvalue weighted by Gasteiger charge is -2.50. The Labute approximate surface area is 458 Å². The van der Waals surface area contributed by atoms with Crippen molar-refractivity contribution in [3.05, 3.63) is 47.3 Å². The Morgan fingerprint density at radius 3 is 2.21 bits per heavy atom. The summed E-state index contributed by atoms with van der Waals surface area (Å²) < 4.78 is 67.1. The summed E-state index contributed by atoms with van der Waals surface area (Å²) in [7, 11) is 6.38. The molecule has 6 rings (SSSR count). The van der Waals surface area contributed by atoms with E-state index in [4.69, 9.17) is 37.9 Å². The van der Waals surface area contributed by atoms with Gasteiger partial charge in [-0.15, -0.1) is 16.9 Å². The molecule has 21 atom stereocenters. The minimum atomic E-state index is -2.02. The zero-order valence-electron chi connectivity index (χ0n) is 47.5. The molecule has 4 aliphatic heterocycles. The Morgan fingerprint density at radius 1 is 0.935 bits per heavy atom. The van der Waals surface area contributed by atoms with Crippen LogP contribution in [0.3, 0.4) is 0 Å². The number of nitrogens with zero attached hydrogens (tertiary/aromatic N) is 5. The molecule has 3 saturated heterocycles. The summed E-state index contributed by atoms with van der Waals surface area (Å²) in [6.07, 6.45) is -8.67. The predicted octanol–water partition coefficient (Wildman–Crippen LogP) is 4.40. The minimum absolute atomic E-state index is 0.0104. The minimum Gasteiger partial charge on any atom is -0.459 e. The summed E-state index contributed by atoms with van der Waals surface area (Å²) in [6, 6.07) is 6.14. The van der Waals surface area contributed by atoms with Gasteiger partial charge in [-0.05, 0) is 73.4 Å². The zero-order chi connectivity index (χ0) is 56.9. The van der Waals surface area contributed by atoms with Crippen molar-refractivity contribution in [2.75, 3.05) is 54.0 Å². The fourth-order valence-corrected chi connectivity index (χ4v) is 12.9. The first kappa shape index (κ1) is 63.1. The van der Waals surface area contributed by atoms with Crippen molar-refractivity contribution in [2.45, 2.75) is 204 Å². The summed E-state index contributed by atoms with van der Waals surface area (Å²) in [5, 5.41) is 66.1. The van der Waals surface area contributed by atoms with Crippen LogP contribution in [0.5, 0.6) is 0 Å². The summed E-state index contributed by atoms with van der Waals surface area (Å²) in [4.78, 5) is 35.4. The SMILES string of the molecule is CC[C@H]1OC(=O)[C@H](C)[C@@H](O[C@H]2C[C@@](C)(OC)[C@@H](O)[C@H](C)O2)[C@H](C)[C@@H](O[C@@H]2O[C@H](C)C[C@H](N(C)CCc3cn([C@@H](CF)[C@H](OC)c4ccc(C5=N[C@H](CO)CS5)cc4)nn3)[C@H]2O)[C@](C)(OC)C[C@@H](C)C(=O)[C@H](C)[C@@H](O)[C@]1(C)O. The number of ether oxygens (including phenoxy) is 8.